The van der Waals surface area contributed by atoms with Gasteiger partial charge in [0, 0.05) is 17.1 Å². The molecule has 0 amide bonds. The van der Waals surface area contributed by atoms with Gasteiger partial charge in [0.1, 0.15) is 5.03 Å². The zero-order valence-corrected chi connectivity index (χ0v) is 13.3. The van der Waals surface area contributed by atoms with Gasteiger partial charge in [0.2, 0.25) is 0 Å². The average molecular weight is 307 g/mol. The second-order valence-electron chi connectivity index (χ2n) is 4.88. The van der Waals surface area contributed by atoms with Crippen LogP contribution in [0.2, 0.25) is 5.02 Å². The van der Waals surface area contributed by atoms with Gasteiger partial charge in [0.15, 0.2) is 0 Å². The van der Waals surface area contributed by atoms with E-state index in [9.17, 15) is 0 Å². The summed E-state index contributed by atoms with van der Waals surface area (Å²) in [6.07, 6.45) is 3.61. The molecule has 0 fully saturated rings. The average Bonchev–Trinajstić information content (AvgIpc) is 2.44. The van der Waals surface area contributed by atoms with Crippen LogP contribution in [0, 0.1) is 6.92 Å². The maximum atomic E-state index is 6.02. The van der Waals surface area contributed by atoms with Gasteiger partial charge in [0.05, 0.1) is 5.02 Å². The van der Waals surface area contributed by atoms with Gasteiger partial charge in [-0.15, -0.1) is 0 Å². The van der Waals surface area contributed by atoms with Crippen LogP contribution in [0.3, 0.4) is 0 Å². The molecule has 1 aromatic carbocycles. The summed E-state index contributed by atoms with van der Waals surface area (Å²) in [6, 6.07) is 10.5. The first-order valence-corrected chi connectivity index (χ1v) is 7.92. The number of hydrogen-bond donors (Lipinski definition) is 1. The lowest BCUT2D eigenvalue weighted by Crippen LogP contribution is -2.21. The second kappa shape index (κ2) is 7.11. The zero-order valence-electron chi connectivity index (χ0n) is 11.8. The molecule has 1 aromatic heterocycles. The smallest absolute Gasteiger partial charge is 0.101 e. The fraction of sp³-hybridized carbons (Fsp3) is 0.312. The van der Waals surface area contributed by atoms with Crippen molar-refractivity contribution in [1.82, 2.24) is 4.98 Å². The largest absolute Gasteiger partial charge is 0.327 e. The van der Waals surface area contributed by atoms with E-state index in [1.807, 2.05) is 12.1 Å². The summed E-state index contributed by atoms with van der Waals surface area (Å²) >= 11 is 7.48. The fourth-order valence-corrected chi connectivity index (χ4v) is 2.90. The Hall–Kier alpha value is -1.03. The lowest BCUT2D eigenvalue weighted by Gasteiger charge is -2.12. The van der Waals surface area contributed by atoms with Gasteiger partial charge in [-0.1, -0.05) is 36.4 Å². The molecule has 2 nitrogen and oxygen atoms in total. The zero-order chi connectivity index (χ0) is 14.5. The maximum absolute atomic E-state index is 6.02. The van der Waals surface area contributed by atoms with E-state index in [0.29, 0.717) is 5.02 Å². The predicted molar refractivity (Wildman–Crippen MR) is 86.5 cm³/mol. The molecule has 1 heterocycles. The number of nitrogens with zero attached hydrogens (tertiary/aromatic N) is 1. The van der Waals surface area contributed by atoms with Crippen molar-refractivity contribution in [3.05, 3.63) is 52.7 Å². The first-order chi connectivity index (χ1) is 9.58. The molecular formula is C16H19ClN2S. The molecule has 0 spiro atoms. The summed E-state index contributed by atoms with van der Waals surface area (Å²) in [5, 5.41) is 1.61. The van der Waals surface area contributed by atoms with Crippen molar-refractivity contribution in [2.75, 3.05) is 0 Å². The number of benzene rings is 1. The lowest BCUT2D eigenvalue weighted by molar-refractivity contribution is 0.644. The Balaban J connectivity index is 2.10. The monoisotopic (exact) mass is 306 g/mol. The molecule has 1 atom stereocenters. The summed E-state index contributed by atoms with van der Waals surface area (Å²) < 4.78 is 0. The number of aromatic nitrogens is 1. The van der Waals surface area contributed by atoms with E-state index in [0.717, 1.165) is 17.9 Å². The van der Waals surface area contributed by atoms with Gasteiger partial charge in [-0.25, -0.2) is 4.98 Å². The van der Waals surface area contributed by atoms with Crippen LogP contribution in [0.1, 0.15) is 24.5 Å². The molecule has 2 rings (SSSR count). The summed E-state index contributed by atoms with van der Waals surface area (Å²) in [5.74, 6) is 0. The van der Waals surface area contributed by atoms with Crippen molar-refractivity contribution in [3.8, 4) is 0 Å². The third-order valence-corrected chi connectivity index (χ3v) is 4.41. The van der Waals surface area contributed by atoms with E-state index >= 15 is 0 Å². The highest BCUT2D eigenvalue weighted by Gasteiger charge is 2.06. The normalized spacial score (nSPS) is 12.4. The Morgan fingerprint density at radius 3 is 2.70 bits per heavy atom. The van der Waals surface area contributed by atoms with Crippen LogP contribution in [0.15, 0.2) is 46.5 Å². The molecule has 20 heavy (non-hydrogen) atoms. The van der Waals surface area contributed by atoms with Crippen LogP contribution < -0.4 is 5.73 Å². The summed E-state index contributed by atoms with van der Waals surface area (Å²) in [6.45, 7) is 4.26. The number of pyridine rings is 1. The van der Waals surface area contributed by atoms with Crippen molar-refractivity contribution >= 4 is 23.4 Å². The van der Waals surface area contributed by atoms with Crippen molar-refractivity contribution in [2.45, 2.75) is 42.7 Å². The van der Waals surface area contributed by atoms with Gasteiger partial charge in [-0.05, 0) is 55.2 Å². The van der Waals surface area contributed by atoms with Crippen LogP contribution in [-0.4, -0.2) is 11.0 Å². The summed E-state index contributed by atoms with van der Waals surface area (Å²) in [4.78, 5) is 5.48. The fourth-order valence-electron chi connectivity index (χ4n) is 1.93. The number of nitrogens with two attached hydrogens (primary N) is 1. The van der Waals surface area contributed by atoms with Crippen LogP contribution in [-0.2, 0) is 6.42 Å². The highest BCUT2D eigenvalue weighted by molar-refractivity contribution is 7.99. The molecule has 0 aliphatic heterocycles. The second-order valence-corrected chi connectivity index (χ2v) is 6.41. The van der Waals surface area contributed by atoms with Gasteiger partial charge in [-0.2, -0.15) is 0 Å². The van der Waals surface area contributed by atoms with Gasteiger partial charge in [-0.3, -0.25) is 0 Å². The van der Waals surface area contributed by atoms with Crippen LogP contribution in [0.25, 0.3) is 0 Å². The molecule has 2 aromatic rings. The number of rotatable bonds is 5. The molecule has 0 radical (unpaired) electrons. The third-order valence-electron chi connectivity index (χ3n) is 3.24. The van der Waals surface area contributed by atoms with Crippen molar-refractivity contribution in [3.63, 3.8) is 0 Å². The molecule has 0 saturated heterocycles. The molecule has 0 aliphatic rings. The first kappa shape index (κ1) is 15.4. The Morgan fingerprint density at radius 2 is 2.10 bits per heavy atom. The Kier molecular flexibility index (Phi) is 5.46. The first-order valence-electron chi connectivity index (χ1n) is 6.73. The summed E-state index contributed by atoms with van der Waals surface area (Å²) in [5.41, 5.74) is 8.63. The molecule has 0 saturated carbocycles. The molecular weight excluding hydrogens is 288 g/mol. The van der Waals surface area contributed by atoms with E-state index < -0.39 is 0 Å². The Morgan fingerprint density at radius 1 is 1.30 bits per heavy atom. The van der Waals surface area contributed by atoms with Crippen LogP contribution >= 0.6 is 23.4 Å². The molecule has 2 N–H and O–H groups in total. The van der Waals surface area contributed by atoms with Crippen LogP contribution in [0.5, 0.6) is 0 Å². The van der Waals surface area contributed by atoms with Crippen molar-refractivity contribution < 1.29 is 0 Å². The quantitative estimate of drug-likeness (QED) is 0.885. The topological polar surface area (TPSA) is 38.9 Å². The maximum Gasteiger partial charge on any atom is 0.101 e. The highest BCUT2D eigenvalue weighted by atomic mass is 35.5. The Labute approximate surface area is 129 Å². The molecule has 1 unspecified atom stereocenters. The molecule has 0 bridgehead atoms. The number of hydrogen-bond acceptors (Lipinski definition) is 3. The predicted octanol–water partition coefficient (Wildman–Crippen LogP) is 4.47. The van der Waals surface area contributed by atoms with Gasteiger partial charge >= 0.3 is 0 Å². The standard InChI is InChI=1S/C16H19ClN2S/c1-3-14(18)9-12-4-6-15(8-11(12)2)20-16-7-5-13(17)10-19-16/h4-8,10,14H,3,9,18H2,1-2H3. The molecule has 0 aliphatic carbocycles. The SMILES string of the molecule is CCC(N)Cc1ccc(Sc2ccc(Cl)cn2)cc1C. The Bertz CT molecular complexity index is 569. The van der Waals surface area contributed by atoms with Crippen molar-refractivity contribution in [1.29, 1.82) is 0 Å². The lowest BCUT2D eigenvalue weighted by atomic mass is 10.0. The van der Waals surface area contributed by atoms with Gasteiger partial charge < -0.3 is 5.73 Å². The third kappa shape index (κ3) is 4.23. The minimum absolute atomic E-state index is 0.241. The number of aryl methyl sites for hydroxylation is 1. The minimum atomic E-state index is 0.241. The van der Waals surface area contributed by atoms with E-state index in [2.05, 4.69) is 37.0 Å². The van der Waals surface area contributed by atoms with Crippen molar-refractivity contribution in [2.24, 2.45) is 5.73 Å². The highest BCUT2D eigenvalue weighted by Crippen LogP contribution is 2.28. The number of halogens is 1. The molecule has 106 valence electrons. The van der Waals surface area contributed by atoms with Gasteiger partial charge in [0.25, 0.3) is 0 Å². The molecule has 4 heteroatoms. The van der Waals surface area contributed by atoms with Crippen LogP contribution in [0.4, 0.5) is 0 Å². The van der Waals surface area contributed by atoms with E-state index in [1.165, 1.54) is 16.0 Å². The minimum Gasteiger partial charge on any atom is -0.327 e. The van der Waals surface area contributed by atoms with E-state index in [-0.39, 0.29) is 6.04 Å². The summed E-state index contributed by atoms with van der Waals surface area (Å²) in [7, 11) is 0. The van der Waals surface area contributed by atoms with E-state index in [1.54, 1.807) is 18.0 Å². The van der Waals surface area contributed by atoms with E-state index in [4.69, 9.17) is 17.3 Å².